The molecule has 2 aromatic rings. The molecular formula is C13H11NO6S. The van der Waals surface area contributed by atoms with Crippen LogP contribution in [0.5, 0.6) is 5.75 Å². The van der Waals surface area contributed by atoms with Crippen molar-refractivity contribution in [2.45, 2.75) is 6.42 Å². The van der Waals surface area contributed by atoms with E-state index in [2.05, 4.69) is 5.16 Å². The zero-order chi connectivity index (χ0) is 15.1. The highest BCUT2D eigenvalue weighted by molar-refractivity contribution is 8.09. The van der Waals surface area contributed by atoms with E-state index in [0.717, 1.165) is 0 Å². The topological polar surface area (TPSA) is 98.9 Å². The lowest BCUT2D eigenvalue weighted by molar-refractivity contribution is 0.0685. The van der Waals surface area contributed by atoms with Crippen LogP contribution in [0, 0.1) is 0 Å². The van der Waals surface area contributed by atoms with E-state index in [1.807, 2.05) is 6.07 Å². The van der Waals surface area contributed by atoms with Gasteiger partial charge >= 0.3 is 11.3 Å². The number of aromatic carboxylic acids is 1. The Morgan fingerprint density at radius 1 is 1.29 bits per heavy atom. The van der Waals surface area contributed by atoms with Gasteiger partial charge in [-0.2, -0.15) is 0 Å². The molecule has 0 amide bonds. The maximum Gasteiger partial charge on any atom is 0.407 e. The Hall–Kier alpha value is -2.48. The number of carbonyl (C=O) groups excluding carboxylic acids is 1. The largest absolute Gasteiger partial charge is 0.476 e. The molecule has 1 aromatic heterocycles. The Kier molecular flexibility index (Phi) is 5.22. The van der Waals surface area contributed by atoms with E-state index in [1.54, 1.807) is 24.3 Å². The number of carboxylic acid groups (broad SMARTS) is 1. The third kappa shape index (κ3) is 4.84. The number of carbonyl (C=O) groups is 2. The molecule has 110 valence electrons. The van der Waals surface area contributed by atoms with Crippen LogP contribution in [-0.4, -0.2) is 28.1 Å². The van der Waals surface area contributed by atoms with Crippen LogP contribution in [0.25, 0.3) is 0 Å². The summed E-state index contributed by atoms with van der Waals surface area (Å²) in [7, 11) is 0. The van der Waals surface area contributed by atoms with Gasteiger partial charge in [-0.3, -0.25) is 0 Å². The van der Waals surface area contributed by atoms with E-state index in [1.165, 1.54) is 6.07 Å². The van der Waals surface area contributed by atoms with Crippen molar-refractivity contribution in [3.05, 3.63) is 47.9 Å². The molecule has 7 nitrogen and oxygen atoms in total. The Labute approximate surface area is 124 Å². The summed E-state index contributed by atoms with van der Waals surface area (Å²) < 4.78 is 14.8. The average molecular weight is 309 g/mol. The number of hydrogen-bond acceptors (Lipinski definition) is 7. The van der Waals surface area contributed by atoms with Crippen LogP contribution in [0.15, 0.2) is 40.9 Å². The highest BCUT2D eigenvalue weighted by Gasteiger charge is 2.12. The zero-order valence-corrected chi connectivity index (χ0v) is 11.5. The summed E-state index contributed by atoms with van der Waals surface area (Å²) in [6.45, 7) is 0.0399. The number of carboxylic acids is 1. The molecule has 2 rings (SSSR count). The normalized spacial score (nSPS) is 10.1. The molecule has 0 spiro atoms. The van der Waals surface area contributed by atoms with Gasteiger partial charge in [0.05, 0.1) is 6.61 Å². The summed E-state index contributed by atoms with van der Waals surface area (Å²) in [5, 5.41) is 11.4. The van der Waals surface area contributed by atoms with Crippen LogP contribution in [0.4, 0.5) is 4.79 Å². The van der Waals surface area contributed by atoms with Crippen molar-refractivity contribution in [1.29, 1.82) is 0 Å². The fourth-order valence-electron chi connectivity index (χ4n) is 1.35. The first kappa shape index (κ1) is 14.9. The van der Waals surface area contributed by atoms with Crippen molar-refractivity contribution in [2.75, 3.05) is 6.61 Å². The molecule has 0 saturated heterocycles. The van der Waals surface area contributed by atoms with E-state index in [-0.39, 0.29) is 18.7 Å². The first-order valence-electron chi connectivity index (χ1n) is 5.90. The van der Waals surface area contributed by atoms with Crippen LogP contribution < -0.4 is 4.18 Å². The molecule has 0 unspecified atom stereocenters. The van der Waals surface area contributed by atoms with Crippen molar-refractivity contribution < 1.29 is 28.1 Å². The van der Waals surface area contributed by atoms with Crippen LogP contribution in [-0.2, 0) is 11.2 Å². The number of benzene rings is 1. The van der Waals surface area contributed by atoms with Crippen LogP contribution >= 0.6 is 12.0 Å². The Morgan fingerprint density at radius 3 is 2.71 bits per heavy atom. The van der Waals surface area contributed by atoms with Gasteiger partial charge in [-0.05, 0) is 12.1 Å². The lowest BCUT2D eigenvalue weighted by Crippen LogP contribution is -2.03. The molecule has 0 atom stereocenters. The molecule has 0 saturated carbocycles. The van der Waals surface area contributed by atoms with Gasteiger partial charge in [-0.1, -0.05) is 23.4 Å². The minimum atomic E-state index is -1.17. The first-order valence-corrected chi connectivity index (χ1v) is 6.64. The Balaban J connectivity index is 1.68. The monoisotopic (exact) mass is 309 g/mol. The second-order valence-electron chi connectivity index (χ2n) is 3.81. The van der Waals surface area contributed by atoms with Gasteiger partial charge in [0.25, 0.3) is 0 Å². The zero-order valence-electron chi connectivity index (χ0n) is 10.7. The number of para-hydroxylation sites is 1. The molecule has 0 fully saturated rings. The Morgan fingerprint density at radius 2 is 2.05 bits per heavy atom. The van der Waals surface area contributed by atoms with Crippen LogP contribution in [0.2, 0.25) is 0 Å². The van der Waals surface area contributed by atoms with Crippen molar-refractivity contribution in [3.63, 3.8) is 0 Å². The molecule has 8 heteroatoms. The molecule has 0 aliphatic rings. The van der Waals surface area contributed by atoms with Crippen LogP contribution in [0.1, 0.15) is 16.2 Å². The van der Waals surface area contributed by atoms with E-state index >= 15 is 0 Å². The average Bonchev–Trinajstić information content (AvgIpc) is 2.95. The van der Waals surface area contributed by atoms with Gasteiger partial charge in [0.2, 0.25) is 0 Å². The summed E-state index contributed by atoms with van der Waals surface area (Å²) >= 11 is 0.573. The predicted octanol–water partition coefficient (Wildman–Crippen LogP) is 2.78. The lowest BCUT2D eigenvalue weighted by Gasteiger charge is -2.03. The smallest absolute Gasteiger partial charge is 0.407 e. The summed E-state index contributed by atoms with van der Waals surface area (Å²) in [6, 6.07) is 10.1. The number of rotatable bonds is 6. The number of nitrogens with zero attached hydrogens (tertiary/aromatic N) is 1. The van der Waals surface area contributed by atoms with Crippen molar-refractivity contribution in [1.82, 2.24) is 5.16 Å². The SMILES string of the molecule is O=C(OCCc1cc(C(=O)O)no1)SOc1ccccc1. The molecule has 1 heterocycles. The van der Waals surface area contributed by atoms with Crippen molar-refractivity contribution in [3.8, 4) is 5.75 Å². The minimum Gasteiger partial charge on any atom is -0.476 e. The molecule has 0 aliphatic heterocycles. The van der Waals surface area contributed by atoms with Gasteiger partial charge in [0.1, 0.15) is 11.5 Å². The first-order chi connectivity index (χ1) is 10.1. The second-order valence-corrected chi connectivity index (χ2v) is 4.48. The third-order valence-corrected chi connectivity index (χ3v) is 2.83. The van der Waals surface area contributed by atoms with Crippen molar-refractivity contribution in [2.24, 2.45) is 0 Å². The van der Waals surface area contributed by atoms with Crippen molar-refractivity contribution >= 4 is 23.3 Å². The quantitative estimate of drug-likeness (QED) is 0.642. The number of aromatic nitrogens is 1. The van der Waals surface area contributed by atoms with Gasteiger partial charge in [-0.15, -0.1) is 0 Å². The molecule has 0 aliphatic carbocycles. The second kappa shape index (κ2) is 7.34. The fraction of sp³-hybridized carbons (Fsp3) is 0.154. The van der Waals surface area contributed by atoms with Gasteiger partial charge in [0, 0.05) is 12.5 Å². The predicted molar refractivity (Wildman–Crippen MR) is 73.2 cm³/mol. The minimum absolute atomic E-state index is 0.0399. The van der Waals surface area contributed by atoms with Gasteiger partial charge < -0.3 is 18.5 Å². The molecule has 0 bridgehead atoms. The standard InChI is InChI=1S/C13H11NO6S/c15-12(16)11-8-10(19-14-11)6-7-18-13(17)21-20-9-4-2-1-3-5-9/h1-5,8H,6-7H2,(H,15,16). The van der Waals surface area contributed by atoms with Crippen LogP contribution in [0.3, 0.4) is 0 Å². The summed E-state index contributed by atoms with van der Waals surface area (Å²) in [5.74, 6) is -0.302. The molecule has 1 aromatic carbocycles. The molecule has 21 heavy (non-hydrogen) atoms. The van der Waals surface area contributed by atoms with Gasteiger partial charge in [-0.25, -0.2) is 9.59 Å². The van der Waals surface area contributed by atoms with Gasteiger partial charge in [0.15, 0.2) is 17.7 Å². The molecular weight excluding hydrogens is 298 g/mol. The van der Waals surface area contributed by atoms with E-state index < -0.39 is 11.3 Å². The fourth-order valence-corrected chi connectivity index (χ4v) is 1.76. The highest BCUT2D eigenvalue weighted by atomic mass is 32.2. The maximum atomic E-state index is 11.4. The lowest BCUT2D eigenvalue weighted by atomic mass is 10.3. The van der Waals surface area contributed by atoms with E-state index in [4.69, 9.17) is 18.5 Å². The Bertz CT molecular complexity index is 612. The molecule has 0 radical (unpaired) electrons. The third-order valence-electron chi connectivity index (χ3n) is 2.30. The summed E-state index contributed by atoms with van der Waals surface area (Å²) in [4.78, 5) is 22.0. The summed E-state index contributed by atoms with van der Waals surface area (Å²) in [5.41, 5.74) is -0.182. The van der Waals surface area contributed by atoms with E-state index in [9.17, 15) is 9.59 Å². The van der Waals surface area contributed by atoms with E-state index in [0.29, 0.717) is 23.6 Å². The number of ether oxygens (including phenoxy) is 1. The molecule has 1 N–H and O–H groups in total. The summed E-state index contributed by atoms with van der Waals surface area (Å²) in [6.07, 6.45) is 0.234. The highest BCUT2D eigenvalue weighted by Crippen LogP contribution is 2.17. The maximum absolute atomic E-state index is 11.4. The number of hydrogen-bond donors (Lipinski definition) is 1.